The molecule has 0 amide bonds. The van der Waals surface area contributed by atoms with Crippen LogP contribution in [0.5, 0.6) is 5.75 Å². The summed E-state index contributed by atoms with van der Waals surface area (Å²) in [6.07, 6.45) is 1.45. The van der Waals surface area contributed by atoms with Gasteiger partial charge in [-0.2, -0.15) is 0 Å². The van der Waals surface area contributed by atoms with E-state index in [1.165, 1.54) is 11.1 Å². The maximum Gasteiger partial charge on any atom is 0.133 e. The van der Waals surface area contributed by atoms with Gasteiger partial charge in [-0.05, 0) is 31.2 Å². The fraction of sp³-hybridized carbons (Fsp3) is 0.250. The minimum atomic E-state index is 0.187. The van der Waals surface area contributed by atoms with Gasteiger partial charge in [-0.25, -0.2) is 0 Å². The number of nitrogens with one attached hydrogen (secondary N) is 1. The molecule has 0 saturated carbocycles. The van der Waals surface area contributed by atoms with Gasteiger partial charge in [-0.3, -0.25) is 4.98 Å². The molecule has 5 heteroatoms. The molecule has 2 rings (SSSR count). The zero-order chi connectivity index (χ0) is 12.3. The number of thiophene rings is 1. The third-order valence-corrected chi connectivity index (χ3v) is 3.83. The van der Waals surface area contributed by atoms with Gasteiger partial charge < -0.3 is 10.4 Å². The average Bonchev–Trinajstić information content (AvgIpc) is 2.75. The molecule has 1 unspecified atom stereocenters. The summed E-state index contributed by atoms with van der Waals surface area (Å²) >= 11 is 7.47. The monoisotopic (exact) mass is 268 g/mol. The van der Waals surface area contributed by atoms with Gasteiger partial charge >= 0.3 is 0 Å². The van der Waals surface area contributed by atoms with Crippen LogP contribution in [0.4, 0.5) is 0 Å². The van der Waals surface area contributed by atoms with Gasteiger partial charge in [-0.15, -0.1) is 11.3 Å². The second-order valence-corrected chi connectivity index (χ2v) is 5.50. The summed E-state index contributed by atoms with van der Waals surface area (Å²) in [6, 6.07) is 7.60. The van der Waals surface area contributed by atoms with Crippen LogP contribution in [0.15, 0.2) is 30.5 Å². The molecule has 2 aromatic heterocycles. The van der Waals surface area contributed by atoms with Crippen molar-refractivity contribution in [3.8, 4) is 5.75 Å². The van der Waals surface area contributed by atoms with Gasteiger partial charge in [0, 0.05) is 17.5 Å². The van der Waals surface area contributed by atoms with Gasteiger partial charge in [0.1, 0.15) is 5.75 Å². The molecule has 2 N–H and O–H groups in total. The quantitative estimate of drug-likeness (QED) is 0.894. The smallest absolute Gasteiger partial charge is 0.133 e. The summed E-state index contributed by atoms with van der Waals surface area (Å²) in [7, 11) is 0. The number of aromatic nitrogens is 1. The Bertz CT molecular complexity index is 484. The minimum absolute atomic E-state index is 0.187. The molecular weight excluding hydrogens is 256 g/mol. The predicted octanol–water partition coefficient (Wildman–Crippen LogP) is 3.35. The zero-order valence-corrected chi connectivity index (χ0v) is 10.9. The van der Waals surface area contributed by atoms with Crippen LogP contribution in [0.2, 0.25) is 4.34 Å². The molecule has 2 heterocycles. The van der Waals surface area contributed by atoms with Crippen LogP contribution in [0.25, 0.3) is 0 Å². The lowest BCUT2D eigenvalue weighted by atomic mass is 10.2. The molecular formula is C12H13ClN2OS. The molecule has 90 valence electrons. The van der Waals surface area contributed by atoms with E-state index in [-0.39, 0.29) is 11.8 Å². The lowest BCUT2D eigenvalue weighted by Gasteiger charge is -2.11. The topological polar surface area (TPSA) is 45.1 Å². The molecule has 0 aliphatic carbocycles. The number of pyridine rings is 1. The van der Waals surface area contributed by atoms with Gasteiger partial charge in [0.25, 0.3) is 0 Å². The molecule has 3 nitrogen and oxygen atoms in total. The summed E-state index contributed by atoms with van der Waals surface area (Å²) in [5, 5.41) is 12.5. The number of aromatic hydroxyl groups is 1. The Morgan fingerprint density at radius 2 is 2.24 bits per heavy atom. The second kappa shape index (κ2) is 5.49. The van der Waals surface area contributed by atoms with Gasteiger partial charge in [-0.1, -0.05) is 11.6 Å². The first-order valence-electron chi connectivity index (χ1n) is 5.27. The molecule has 0 fully saturated rings. The van der Waals surface area contributed by atoms with E-state index in [2.05, 4.69) is 17.2 Å². The van der Waals surface area contributed by atoms with Crippen molar-refractivity contribution in [1.29, 1.82) is 0 Å². The van der Waals surface area contributed by atoms with E-state index < -0.39 is 0 Å². The molecule has 0 spiro atoms. The summed E-state index contributed by atoms with van der Waals surface area (Å²) in [5.74, 6) is 0.187. The fourth-order valence-electron chi connectivity index (χ4n) is 1.44. The molecule has 0 bridgehead atoms. The second-order valence-electron chi connectivity index (χ2n) is 3.75. The van der Waals surface area contributed by atoms with Crippen molar-refractivity contribution in [3.63, 3.8) is 0 Å². The third-order valence-electron chi connectivity index (χ3n) is 2.42. The molecule has 0 saturated heterocycles. The van der Waals surface area contributed by atoms with Crippen LogP contribution in [0.3, 0.4) is 0 Å². The number of nitrogens with zero attached hydrogens (tertiary/aromatic N) is 1. The van der Waals surface area contributed by atoms with Gasteiger partial charge in [0.05, 0.1) is 16.2 Å². The molecule has 0 aliphatic heterocycles. The third kappa shape index (κ3) is 3.43. The number of rotatable bonds is 4. The molecule has 0 aromatic carbocycles. The highest BCUT2D eigenvalue weighted by Gasteiger charge is 2.07. The van der Waals surface area contributed by atoms with Crippen LogP contribution >= 0.6 is 22.9 Å². The summed E-state index contributed by atoms with van der Waals surface area (Å²) < 4.78 is 0.802. The molecule has 0 radical (unpaired) electrons. The maximum atomic E-state index is 9.12. The standard InChI is InChI=1S/C12H13ClN2OS/c1-8(11-4-5-12(13)17-11)14-6-9-2-3-10(16)7-15-9/h2-5,7-8,14,16H,6H2,1H3. The van der Waals surface area contributed by atoms with Crippen LogP contribution in [-0.4, -0.2) is 10.1 Å². The molecule has 2 aromatic rings. The van der Waals surface area contributed by atoms with E-state index in [1.807, 2.05) is 12.1 Å². The Morgan fingerprint density at radius 3 is 2.82 bits per heavy atom. The molecule has 1 atom stereocenters. The van der Waals surface area contributed by atoms with E-state index in [0.717, 1.165) is 10.0 Å². The van der Waals surface area contributed by atoms with Gasteiger partial charge in [0.15, 0.2) is 0 Å². The van der Waals surface area contributed by atoms with E-state index in [4.69, 9.17) is 16.7 Å². The predicted molar refractivity (Wildman–Crippen MR) is 70.5 cm³/mol. The van der Waals surface area contributed by atoms with Crippen molar-refractivity contribution < 1.29 is 5.11 Å². The van der Waals surface area contributed by atoms with Crippen LogP contribution in [0, 0.1) is 0 Å². The van der Waals surface area contributed by atoms with E-state index in [9.17, 15) is 0 Å². The van der Waals surface area contributed by atoms with Crippen LogP contribution in [0.1, 0.15) is 23.5 Å². The van der Waals surface area contributed by atoms with Crippen molar-refractivity contribution in [3.05, 3.63) is 45.4 Å². The molecule has 17 heavy (non-hydrogen) atoms. The van der Waals surface area contributed by atoms with Crippen molar-refractivity contribution >= 4 is 22.9 Å². The van der Waals surface area contributed by atoms with E-state index in [1.54, 1.807) is 23.5 Å². The first kappa shape index (κ1) is 12.4. The normalized spacial score (nSPS) is 12.6. The summed E-state index contributed by atoms with van der Waals surface area (Å²) in [6.45, 7) is 2.75. The fourth-order valence-corrected chi connectivity index (χ4v) is 2.53. The largest absolute Gasteiger partial charge is 0.506 e. The zero-order valence-electron chi connectivity index (χ0n) is 9.35. The first-order chi connectivity index (χ1) is 8.15. The Kier molecular flexibility index (Phi) is 3.99. The van der Waals surface area contributed by atoms with E-state index >= 15 is 0 Å². The first-order valence-corrected chi connectivity index (χ1v) is 6.47. The SMILES string of the molecule is CC(NCc1ccc(O)cn1)c1ccc(Cl)s1. The average molecular weight is 269 g/mol. The Balaban J connectivity index is 1.92. The van der Waals surface area contributed by atoms with Crippen molar-refractivity contribution in [2.45, 2.75) is 19.5 Å². The minimum Gasteiger partial charge on any atom is -0.506 e. The lowest BCUT2D eigenvalue weighted by molar-refractivity contribution is 0.471. The van der Waals surface area contributed by atoms with Crippen molar-refractivity contribution in [1.82, 2.24) is 10.3 Å². The highest BCUT2D eigenvalue weighted by atomic mass is 35.5. The Hall–Kier alpha value is -1.10. The number of halogens is 1. The highest BCUT2D eigenvalue weighted by Crippen LogP contribution is 2.26. The maximum absolute atomic E-state index is 9.12. The lowest BCUT2D eigenvalue weighted by Crippen LogP contribution is -2.17. The Morgan fingerprint density at radius 1 is 1.41 bits per heavy atom. The number of hydrogen-bond acceptors (Lipinski definition) is 4. The van der Waals surface area contributed by atoms with Crippen molar-refractivity contribution in [2.24, 2.45) is 0 Å². The van der Waals surface area contributed by atoms with Gasteiger partial charge in [0.2, 0.25) is 0 Å². The van der Waals surface area contributed by atoms with Crippen molar-refractivity contribution in [2.75, 3.05) is 0 Å². The summed E-state index contributed by atoms with van der Waals surface area (Å²) in [5.41, 5.74) is 0.900. The Labute approximate surface area is 109 Å². The van der Waals surface area contributed by atoms with Crippen LogP contribution < -0.4 is 5.32 Å². The number of hydrogen-bond donors (Lipinski definition) is 2. The highest BCUT2D eigenvalue weighted by molar-refractivity contribution is 7.16. The summed E-state index contributed by atoms with van der Waals surface area (Å²) in [4.78, 5) is 5.32. The van der Waals surface area contributed by atoms with E-state index in [0.29, 0.717) is 6.54 Å². The molecule has 0 aliphatic rings. The van der Waals surface area contributed by atoms with Crippen LogP contribution in [-0.2, 0) is 6.54 Å².